The lowest BCUT2D eigenvalue weighted by Gasteiger charge is -2.32. The molecule has 1 atom stereocenters. The maximum atomic E-state index is 11.5. The molecule has 0 radical (unpaired) electrons. The summed E-state index contributed by atoms with van der Waals surface area (Å²) in [6.07, 6.45) is 10.8. The van der Waals surface area contributed by atoms with Gasteiger partial charge in [0.15, 0.2) is 0 Å². The van der Waals surface area contributed by atoms with Crippen molar-refractivity contribution in [2.24, 2.45) is 0 Å². The summed E-state index contributed by atoms with van der Waals surface area (Å²) in [5.74, 6) is -0.539. The van der Waals surface area contributed by atoms with Gasteiger partial charge in [-0.2, -0.15) is 0 Å². The van der Waals surface area contributed by atoms with Crippen molar-refractivity contribution in [2.75, 3.05) is 39.5 Å². The van der Waals surface area contributed by atoms with Gasteiger partial charge in [0.2, 0.25) is 5.91 Å². The lowest BCUT2D eigenvalue weighted by Crippen LogP contribution is -2.47. The quantitative estimate of drug-likeness (QED) is 0.200. The molecule has 0 bridgehead atoms. The van der Waals surface area contributed by atoms with E-state index in [-0.39, 0.29) is 12.5 Å². The van der Waals surface area contributed by atoms with Crippen molar-refractivity contribution < 1.29 is 27.4 Å². The van der Waals surface area contributed by atoms with Crippen LogP contribution in [0.15, 0.2) is 0 Å². The second-order valence-electron chi connectivity index (χ2n) is 8.50. The van der Waals surface area contributed by atoms with Gasteiger partial charge in [0.1, 0.15) is 12.6 Å². The number of quaternary nitrogens is 1. The minimum absolute atomic E-state index is 0.172. The summed E-state index contributed by atoms with van der Waals surface area (Å²) in [6, 6.07) is 0. The fraction of sp³-hybridized carbons (Fsp3) is 0.950. The van der Waals surface area contributed by atoms with Gasteiger partial charge in [0.25, 0.3) is 0 Å². The van der Waals surface area contributed by atoms with Crippen LogP contribution < -0.4 is 5.32 Å². The van der Waals surface area contributed by atoms with Gasteiger partial charge in [-0.05, 0) is 25.7 Å². The van der Waals surface area contributed by atoms with E-state index in [2.05, 4.69) is 12.2 Å². The summed E-state index contributed by atoms with van der Waals surface area (Å²) >= 11 is 0. The summed E-state index contributed by atoms with van der Waals surface area (Å²) in [5.41, 5.74) is 0. The molecule has 0 heterocycles. The average Bonchev–Trinajstić information content (AvgIpc) is 2.55. The molecule has 0 saturated carbocycles. The zero-order valence-electron chi connectivity index (χ0n) is 18.1. The molecule has 1 unspecified atom stereocenters. The second-order valence-corrected chi connectivity index (χ2v) is 9.95. The van der Waals surface area contributed by atoms with Crippen molar-refractivity contribution in [1.29, 1.82) is 0 Å². The number of rotatable bonds is 18. The highest BCUT2D eigenvalue weighted by atomic mass is 32.2. The number of nitrogens with zero attached hydrogens (tertiary/aromatic N) is 1. The minimum atomic E-state index is -4.38. The molecule has 0 aromatic carbocycles. The normalized spacial score (nSPS) is 13.5. The second kappa shape index (κ2) is 15.2. The largest absolute Gasteiger partial charge is 0.748 e. The highest BCUT2D eigenvalue weighted by Crippen LogP contribution is 2.12. The van der Waals surface area contributed by atoms with Crippen LogP contribution in [-0.2, 0) is 14.9 Å². The van der Waals surface area contributed by atoms with Gasteiger partial charge in [0.05, 0.1) is 36.5 Å². The van der Waals surface area contributed by atoms with Crippen LogP contribution in [0.5, 0.6) is 0 Å². The Morgan fingerprint density at radius 2 is 1.50 bits per heavy atom. The average molecular weight is 423 g/mol. The van der Waals surface area contributed by atoms with Crippen LogP contribution in [0.4, 0.5) is 0 Å². The molecular weight excluding hydrogens is 380 g/mol. The highest BCUT2D eigenvalue weighted by Gasteiger charge is 2.21. The number of nitrogens with one attached hydrogen (secondary N) is 1. The Morgan fingerprint density at radius 3 is 2.00 bits per heavy atom. The van der Waals surface area contributed by atoms with Crippen molar-refractivity contribution >= 4 is 16.0 Å². The lowest BCUT2D eigenvalue weighted by molar-refractivity contribution is -0.893. The first-order valence-corrected chi connectivity index (χ1v) is 12.3. The molecule has 0 fully saturated rings. The molecule has 7 nitrogen and oxygen atoms in total. The molecule has 0 aromatic rings. The molecule has 28 heavy (non-hydrogen) atoms. The number of unbranched alkanes of at least 4 members (excludes halogenated alkanes) is 8. The number of carbonyl (C=O) groups is 1. The number of aliphatic hydroxyl groups is 1. The van der Waals surface area contributed by atoms with Gasteiger partial charge >= 0.3 is 0 Å². The first-order valence-electron chi connectivity index (χ1n) is 10.8. The Labute approximate surface area is 172 Å². The van der Waals surface area contributed by atoms with Crippen molar-refractivity contribution in [1.82, 2.24) is 5.32 Å². The van der Waals surface area contributed by atoms with Crippen molar-refractivity contribution in [3.8, 4) is 0 Å². The van der Waals surface area contributed by atoms with Crippen LogP contribution in [0, 0.1) is 0 Å². The third-order valence-electron chi connectivity index (χ3n) is 4.84. The van der Waals surface area contributed by atoms with E-state index in [1.165, 1.54) is 32.1 Å². The van der Waals surface area contributed by atoms with E-state index in [0.717, 1.165) is 45.2 Å². The van der Waals surface area contributed by atoms with Crippen LogP contribution in [0.2, 0.25) is 0 Å². The number of likely N-dealkylation sites (N-methyl/N-ethyl adjacent to an activating group) is 1. The van der Waals surface area contributed by atoms with Crippen molar-refractivity contribution in [3.05, 3.63) is 0 Å². The molecule has 2 N–H and O–H groups in total. The molecule has 0 spiro atoms. The van der Waals surface area contributed by atoms with Crippen LogP contribution in [0.1, 0.15) is 77.6 Å². The Balaban J connectivity index is 3.54. The van der Waals surface area contributed by atoms with E-state index in [9.17, 15) is 22.9 Å². The van der Waals surface area contributed by atoms with Gasteiger partial charge in [-0.1, -0.05) is 45.4 Å². The summed E-state index contributed by atoms with van der Waals surface area (Å²) < 4.78 is 32.6. The molecule has 168 valence electrons. The van der Waals surface area contributed by atoms with Gasteiger partial charge in [-0.25, -0.2) is 8.42 Å². The fourth-order valence-corrected chi connectivity index (χ4v) is 3.94. The van der Waals surface area contributed by atoms with Crippen LogP contribution in [0.25, 0.3) is 0 Å². The molecule has 0 rings (SSSR count). The number of carbonyl (C=O) groups excluding carboxylic acids is 1. The van der Waals surface area contributed by atoms with E-state index in [0.29, 0.717) is 10.9 Å². The van der Waals surface area contributed by atoms with Crippen LogP contribution >= 0.6 is 0 Å². The maximum absolute atomic E-state index is 11.5. The first kappa shape index (κ1) is 27.3. The predicted octanol–water partition coefficient (Wildman–Crippen LogP) is 2.40. The molecular formula is C20H42N2O5S. The number of amides is 1. The molecule has 0 saturated heterocycles. The monoisotopic (exact) mass is 422 g/mol. The number of hydrogen-bond acceptors (Lipinski definition) is 5. The maximum Gasteiger partial charge on any atom is 0.219 e. The van der Waals surface area contributed by atoms with E-state index in [1.54, 1.807) is 0 Å². The summed E-state index contributed by atoms with van der Waals surface area (Å²) in [4.78, 5) is 11.5. The third-order valence-corrected chi connectivity index (χ3v) is 5.63. The Bertz CT molecular complexity index is 509. The summed E-state index contributed by atoms with van der Waals surface area (Å²) in [7, 11) is -0.483. The predicted molar refractivity (Wildman–Crippen MR) is 112 cm³/mol. The summed E-state index contributed by atoms with van der Waals surface area (Å²) in [5, 5.41) is 12.6. The Kier molecular flexibility index (Phi) is 14.8. The zero-order chi connectivity index (χ0) is 21.5. The summed E-state index contributed by atoms with van der Waals surface area (Å²) in [6.45, 7) is 3.96. The Morgan fingerprint density at radius 1 is 1.00 bits per heavy atom. The molecule has 0 aliphatic carbocycles. The first-order chi connectivity index (χ1) is 13.1. The van der Waals surface area contributed by atoms with E-state index < -0.39 is 22.0 Å². The van der Waals surface area contributed by atoms with Gasteiger partial charge in [-0.3, -0.25) is 4.79 Å². The SMILES string of the molecule is CCCNC(=O)CCCCCCCCCCC[N+](C)(C)CC(O)CS(=O)(=O)[O-]. The smallest absolute Gasteiger partial charge is 0.219 e. The molecule has 0 aliphatic rings. The topological polar surface area (TPSA) is 107 Å². The van der Waals surface area contributed by atoms with Gasteiger partial charge < -0.3 is 19.5 Å². The molecule has 1 amide bonds. The molecule has 8 heteroatoms. The highest BCUT2D eigenvalue weighted by molar-refractivity contribution is 7.85. The lowest BCUT2D eigenvalue weighted by atomic mass is 10.1. The van der Waals surface area contributed by atoms with Crippen molar-refractivity contribution in [3.63, 3.8) is 0 Å². The van der Waals surface area contributed by atoms with Gasteiger partial charge in [0, 0.05) is 13.0 Å². The van der Waals surface area contributed by atoms with Crippen LogP contribution in [0.3, 0.4) is 0 Å². The third kappa shape index (κ3) is 18.7. The Hall–Kier alpha value is -0.700. The van der Waals surface area contributed by atoms with E-state index >= 15 is 0 Å². The van der Waals surface area contributed by atoms with Gasteiger partial charge in [-0.15, -0.1) is 0 Å². The fourth-order valence-electron chi connectivity index (χ4n) is 3.37. The van der Waals surface area contributed by atoms with E-state index in [4.69, 9.17) is 0 Å². The van der Waals surface area contributed by atoms with Crippen molar-refractivity contribution in [2.45, 2.75) is 83.7 Å². The minimum Gasteiger partial charge on any atom is -0.748 e. The molecule has 0 aromatic heterocycles. The number of hydrogen-bond donors (Lipinski definition) is 2. The zero-order valence-corrected chi connectivity index (χ0v) is 18.9. The number of aliphatic hydroxyl groups excluding tert-OH is 1. The van der Waals surface area contributed by atoms with Crippen LogP contribution in [-0.4, -0.2) is 74.1 Å². The van der Waals surface area contributed by atoms with E-state index in [1.807, 2.05) is 14.1 Å². The molecule has 0 aliphatic heterocycles. The standard InChI is InChI=1S/C20H42N2O5S/c1-4-15-21-20(24)14-12-10-8-6-5-7-9-11-13-16-22(2,3)17-19(23)18-28(25,26)27/h19,23H,4-18H2,1-3H3,(H-,21,24,25,26,27).